The Kier molecular flexibility index (Phi) is 5.58. The first-order chi connectivity index (χ1) is 9.56. The highest BCUT2D eigenvalue weighted by Crippen LogP contribution is 2.20. The Morgan fingerprint density at radius 3 is 2.55 bits per heavy atom. The first-order valence-electron chi connectivity index (χ1n) is 7.74. The average Bonchev–Trinajstić information content (AvgIpc) is 2.78. The van der Waals surface area contributed by atoms with Crippen LogP contribution in [0.15, 0.2) is 30.3 Å². The standard InChI is InChI=1S/C17H29N3/c1-14-11-20(13-17(14)19(2)3)12-16(18)10-9-15-7-5-4-6-8-15/h4-8,14,16-17H,9-13,18H2,1-3H3. The van der Waals surface area contributed by atoms with Crippen LogP contribution < -0.4 is 5.73 Å². The first-order valence-corrected chi connectivity index (χ1v) is 7.74. The van der Waals surface area contributed by atoms with Crippen LogP contribution in [0.4, 0.5) is 0 Å². The van der Waals surface area contributed by atoms with Crippen LogP contribution in [0.2, 0.25) is 0 Å². The van der Waals surface area contributed by atoms with E-state index < -0.39 is 0 Å². The maximum atomic E-state index is 6.31. The van der Waals surface area contributed by atoms with Gasteiger partial charge in [0.25, 0.3) is 0 Å². The molecule has 0 saturated carbocycles. The molecule has 1 fully saturated rings. The molecule has 0 amide bonds. The predicted molar refractivity (Wildman–Crippen MR) is 85.8 cm³/mol. The monoisotopic (exact) mass is 275 g/mol. The Morgan fingerprint density at radius 1 is 1.25 bits per heavy atom. The van der Waals surface area contributed by atoms with Gasteiger partial charge in [0.05, 0.1) is 0 Å². The Morgan fingerprint density at radius 2 is 1.95 bits per heavy atom. The molecule has 0 aromatic heterocycles. The molecular weight excluding hydrogens is 246 g/mol. The number of benzene rings is 1. The zero-order valence-electron chi connectivity index (χ0n) is 13.1. The molecule has 0 aliphatic carbocycles. The van der Waals surface area contributed by atoms with E-state index in [0.717, 1.165) is 31.8 Å². The fourth-order valence-corrected chi connectivity index (χ4v) is 3.29. The van der Waals surface area contributed by atoms with Crippen molar-refractivity contribution in [1.29, 1.82) is 0 Å². The molecular formula is C17H29N3. The van der Waals surface area contributed by atoms with E-state index in [4.69, 9.17) is 5.73 Å². The number of rotatable bonds is 6. The molecule has 1 aliphatic heterocycles. The molecule has 112 valence electrons. The lowest BCUT2D eigenvalue weighted by atomic mass is 10.1. The molecule has 3 nitrogen and oxygen atoms in total. The third kappa shape index (κ3) is 4.30. The highest BCUT2D eigenvalue weighted by Gasteiger charge is 2.31. The topological polar surface area (TPSA) is 32.5 Å². The van der Waals surface area contributed by atoms with Crippen molar-refractivity contribution in [1.82, 2.24) is 9.80 Å². The van der Waals surface area contributed by atoms with Gasteiger partial charge in [-0.25, -0.2) is 0 Å². The number of hydrogen-bond acceptors (Lipinski definition) is 3. The van der Waals surface area contributed by atoms with Gasteiger partial charge in [0.15, 0.2) is 0 Å². The van der Waals surface area contributed by atoms with Crippen LogP contribution in [-0.4, -0.2) is 55.6 Å². The van der Waals surface area contributed by atoms with Crippen LogP contribution in [0.1, 0.15) is 18.9 Å². The van der Waals surface area contributed by atoms with E-state index in [0.29, 0.717) is 6.04 Å². The van der Waals surface area contributed by atoms with Crippen molar-refractivity contribution in [2.75, 3.05) is 33.7 Å². The lowest BCUT2D eigenvalue weighted by molar-refractivity contribution is 0.247. The maximum Gasteiger partial charge on any atom is 0.0254 e. The second-order valence-electron chi connectivity index (χ2n) is 6.51. The van der Waals surface area contributed by atoms with Gasteiger partial charge in [-0.1, -0.05) is 37.3 Å². The van der Waals surface area contributed by atoms with Crippen molar-refractivity contribution in [3.8, 4) is 0 Å². The summed E-state index contributed by atoms with van der Waals surface area (Å²) in [6.07, 6.45) is 2.16. The number of nitrogens with two attached hydrogens (primary N) is 1. The fourth-order valence-electron chi connectivity index (χ4n) is 3.29. The van der Waals surface area contributed by atoms with Crippen molar-refractivity contribution in [3.05, 3.63) is 35.9 Å². The highest BCUT2D eigenvalue weighted by atomic mass is 15.2. The average molecular weight is 275 g/mol. The lowest BCUT2D eigenvalue weighted by Gasteiger charge is -2.23. The molecule has 0 spiro atoms. The van der Waals surface area contributed by atoms with Crippen LogP contribution >= 0.6 is 0 Å². The van der Waals surface area contributed by atoms with E-state index in [9.17, 15) is 0 Å². The summed E-state index contributed by atoms with van der Waals surface area (Å²) in [4.78, 5) is 4.88. The Balaban J connectivity index is 1.74. The Labute approximate surface area is 123 Å². The quantitative estimate of drug-likeness (QED) is 0.860. The molecule has 1 heterocycles. The number of nitrogens with zero attached hydrogens (tertiary/aromatic N) is 2. The van der Waals surface area contributed by atoms with Crippen molar-refractivity contribution in [2.45, 2.75) is 31.8 Å². The van der Waals surface area contributed by atoms with Crippen molar-refractivity contribution >= 4 is 0 Å². The van der Waals surface area contributed by atoms with Gasteiger partial charge in [-0.3, -0.25) is 4.90 Å². The van der Waals surface area contributed by atoms with E-state index in [1.54, 1.807) is 0 Å². The van der Waals surface area contributed by atoms with Crippen LogP contribution in [0.25, 0.3) is 0 Å². The summed E-state index contributed by atoms with van der Waals surface area (Å²) in [6.45, 7) is 5.72. The fraction of sp³-hybridized carbons (Fsp3) is 0.647. The van der Waals surface area contributed by atoms with Gasteiger partial charge in [0, 0.05) is 31.7 Å². The molecule has 2 rings (SSSR count). The summed E-state index contributed by atoms with van der Waals surface area (Å²) in [7, 11) is 4.36. The van der Waals surface area contributed by atoms with Crippen LogP contribution in [0, 0.1) is 5.92 Å². The first kappa shape index (κ1) is 15.5. The zero-order chi connectivity index (χ0) is 14.5. The summed E-state index contributed by atoms with van der Waals surface area (Å²) in [6, 6.07) is 11.6. The van der Waals surface area contributed by atoms with E-state index in [-0.39, 0.29) is 6.04 Å². The third-order valence-electron chi connectivity index (χ3n) is 4.45. The summed E-state index contributed by atoms with van der Waals surface area (Å²) >= 11 is 0. The van der Waals surface area contributed by atoms with Crippen LogP contribution in [0.3, 0.4) is 0 Å². The molecule has 1 aromatic carbocycles. The normalized spacial score (nSPS) is 25.2. The smallest absolute Gasteiger partial charge is 0.0254 e. The zero-order valence-corrected chi connectivity index (χ0v) is 13.1. The Bertz CT molecular complexity index is 390. The van der Waals surface area contributed by atoms with Crippen molar-refractivity contribution < 1.29 is 0 Å². The molecule has 1 aliphatic rings. The van der Waals surface area contributed by atoms with Gasteiger partial charge in [-0.2, -0.15) is 0 Å². The second-order valence-corrected chi connectivity index (χ2v) is 6.51. The SMILES string of the molecule is CC1CN(CC(N)CCc2ccccc2)CC1N(C)C. The van der Waals surface area contributed by atoms with E-state index in [1.807, 2.05) is 0 Å². The molecule has 3 unspecified atom stereocenters. The van der Waals surface area contributed by atoms with Crippen molar-refractivity contribution in [2.24, 2.45) is 11.7 Å². The van der Waals surface area contributed by atoms with E-state index >= 15 is 0 Å². The van der Waals surface area contributed by atoms with Crippen LogP contribution in [-0.2, 0) is 6.42 Å². The van der Waals surface area contributed by atoms with Gasteiger partial charge in [-0.05, 0) is 38.4 Å². The molecule has 0 radical (unpaired) electrons. The second kappa shape index (κ2) is 7.21. The number of aryl methyl sites for hydroxylation is 1. The van der Waals surface area contributed by atoms with Gasteiger partial charge >= 0.3 is 0 Å². The molecule has 3 atom stereocenters. The summed E-state index contributed by atoms with van der Waals surface area (Å²) in [5, 5.41) is 0. The number of likely N-dealkylation sites (tertiary alicyclic amines) is 1. The summed E-state index contributed by atoms with van der Waals surface area (Å²) in [5.74, 6) is 0.742. The minimum absolute atomic E-state index is 0.281. The van der Waals surface area contributed by atoms with Gasteiger partial charge in [-0.15, -0.1) is 0 Å². The third-order valence-corrected chi connectivity index (χ3v) is 4.45. The van der Waals surface area contributed by atoms with Crippen molar-refractivity contribution in [3.63, 3.8) is 0 Å². The minimum Gasteiger partial charge on any atom is -0.327 e. The number of hydrogen-bond donors (Lipinski definition) is 1. The minimum atomic E-state index is 0.281. The summed E-state index contributed by atoms with van der Waals surface area (Å²) in [5.41, 5.74) is 7.71. The van der Waals surface area contributed by atoms with Gasteiger partial charge < -0.3 is 10.6 Å². The lowest BCUT2D eigenvalue weighted by Crippen LogP contribution is -2.39. The van der Waals surface area contributed by atoms with E-state index in [1.165, 1.54) is 12.1 Å². The van der Waals surface area contributed by atoms with Gasteiger partial charge in [0.1, 0.15) is 0 Å². The van der Waals surface area contributed by atoms with E-state index in [2.05, 4.69) is 61.2 Å². The molecule has 2 N–H and O–H groups in total. The Hall–Kier alpha value is -0.900. The highest BCUT2D eigenvalue weighted by molar-refractivity contribution is 5.14. The maximum absolute atomic E-state index is 6.31. The molecule has 0 bridgehead atoms. The predicted octanol–water partition coefficient (Wildman–Crippen LogP) is 1.83. The van der Waals surface area contributed by atoms with Crippen LogP contribution in [0.5, 0.6) is 0 Å². The number of likely N-dealkylation sites (N-methyl/N-ethyl adjacent to an activating group) is 1. The molecule has 20 heavy (non-hydrogen) atoms. The molecule has 1 saturated heterocycles. The molecule has 3 heteroatoms. The largest absolute Gasteiger partial charge is 0.327 e. The molecule has 1 aromatic rings. The summed E-state index contributed by atoms with van der Waals surface area (Å²) < 4.78 is 0. The van der Waals surface area contributed by atoms with Gasteiger partial charge in [0.2, 0.25) is 0 Å².